The van der Waals surface area contributed by atoms with Gasteiger partial charge < -0.3 is 5.32 Å². The van der Waals surface area contributed by atoms with E-state index in [0.29, 0.717) is 11.4 Å². The second kappa shape index (κ2) is 8.98. The summed E-state index contributed by atoms with van der Waals surface area (Å²) in [5.74, 6) is -0.500. The number of hydrogen-bond acceptors (Lipinski definition) is 3. The summed E-state index contributed by atoms with van der Waals surface area (Å²) in [7, 11) is 0. The molecule has 5 nitrogen and oxygen atoms in total. The second-order valence-electron chi connectivity index (χ2n) is 5.15. The van der Waals surface area contributed by atoms with Crippen molar-refractivity contribution in [3.05, 3.63) is 64.6 Å². The van der Waals surface area contributed by atoms with Crippen molar-refractivity contribution in [1.29, 1.82) is 0 Å². The van der Waals surface area contributed by atoms with Crippen LogP contribution >= 0.6 is 15.9 Å². The number of nitrogens with zero attached hydrogens (tertiary/aromatic N) is 1. The maximum atomic E-state index is 11.8. The Labute approximate surface area is 149 Å². The Hall–Kier alpha value is -2.47. The molecule has 0 fully saturated rings. The fraction of sp³-hybridized carbons (Fsp3) is 0.167. The first-order valence-electron chi connectivity index (χ1n) is 7.48. The molecular formula is C18H18BrN3O2. The summed E-state index contributed by atoms with van der Waals surface area (Å²) in [5, 5.41) is 6.79. The number of carbonyl (C=O) groups excluding carboxylic acids is 2. The molecular weight excluding hydrogens is 370 g/mol. The quantitative estimate of drug-likeness (QED) is 0.585. The van der Waals surface area contributed by atoms with Crippen molar-refractivity contribution < 1.29 is 9.59 Å². The van der Waals surface area contributed by atoms with Crippen molar-refractivity contribution >= 4 is 39.1 Å². The first kappa shape index (κ1) is 17.9. The van der Waals surface area contributed by atoms with E-state index < -0.39 is 0 Å². The standard InChI is InChI=1S/C18H18BrN3O2/c1-13(14-7-9-15(19)10-8-14)21-22-18(24)12-11-17(23)20-16-5-3-2-4-6-16/h2-10H,11-12H2,1H3,(H,20,23)(H,22,24)/b21-13-. The molecule has 0 saturated heterocycles. The van der Waals surface area contributed by atoms with Crippen molar-refractivity contribution in [3.63, 3.8) is 0 Å². The van der Waals surface area contributed by atoms with E-state index in [1.807, 2.05) is 49.4 Å². The lowest BCUT2D eigenvalue weighted by Gasteiger charge is -2.05. The van der Waals surface area contributed by atoms with E-state index in [4.69, 9.17) is 0 Å². The van der Waals surface area contributed by atoms with Crippen LogP contribution in [-0.2, 0) is 9.59 Å². The summed E-state index contributed by atoms with van der Waals surface area (Å²) in [6.07, 6.45) is 0.184. The van der Waals surface area contributed by atoms with Gasteiger partial charge in [0.05, 0.1) is 5.71 Å². The van der Waals surface area contributed by atoms with Gasteiger partial charge in [0.25, 0.3) is 0 Å². The molecule has 0 aliphatic carbocycles. The molecule has 0 heterocycles. The number of rotatable bonds is 6. The molecule has 6 heteroatoms. The number of anilines is 1. The predicted octanol–water partition coefficient (Wildman–Crippen LogP) is 3.71. The minimum Gasteiger partial charge on any atom is -0.326 e. The summed E-state index contributed by atoms with van der Waals surface area (Å²) >= 11 is 3.37. The second-order valence-corrected chi connectivity index (χ2v) is 6.07. The lowest BCUT2D eigenvalue weighted by atomic mass is 10.1. The third-order valence-corrected chi connectivity index (χ3v) is 3.78. The number of nitrogens with one attached hydrogen (secondary N) is 2. The van der Waals surface area contributed by atoms with E-state index in [1.54, 1.807) is 12.1 Å². The molecule has 0 atom stereocenters. The van der Waals surface area contributed by atoms with E-state index in [9.17, 15) is 9.59 Å². The highest BCUT2D eigenvalue weighted by molar-refractivity contribution is 9.10. The number of para-hydroxylation sites is 1. The van der Waals surface area contributed by atoms with Gasteiger partial charge in [0.1, 0.15) is 0 Å². The third kappa shape index (κ3) is 5.96. The van der Waals surface area contributed by atoms with Gasteiger partial charge in [-0.1, -0.05) is 46.3 Å². The largest absolute Gasteiger partial charge is 0.326 e. The zero-order valence-electron chi connectivity index (χ0n) is 13.3. The van der Waals surface area contributed by atoms with Gasteiger partial charge in [-0.2, -0.15) is 5.10 Å². The van der Waals surface area contributed by atoms with Crippen LogP contribution in [0.15, 0.2) is 64.2 Å². The van der Waals surface area contributed by atoms with Crippen molar-refractivity contribution in [2.45, 2.75) is 19.8 Å². The van der Waals surface area contributed by atoms with Crippen LogP contribution in [0.1, 0.15) is 25.3 Å². The Balaban J connectivity index is 1.77. The van der Waals surface area contributed by atoms with Crippen LogP contribution in [0, 0.1) is 0 Å². The molecule has 2 N–H and O–H groups in total. The average Bonchev–Trinajstić information content (AvgIpc) is 2.59. The number of amides is 2. The summed E-state index contributed by atoms with van der Waals surface area (Å²) in [6.45, 7) is 1.81. The fourth-order valence-electron chi connectivity index (χ4n) is 1.93. The lowest BCUT2D eigenvalue weighted by Crippen LogP contribution is -2.21. The third-order valence-electron chi connectivity index (χ3n) is 3.25. The SMILES string of the molecule is C/C(=N/NC(=O)CCC(=O)Nc1ccccc1)c1ccc(Br)cc1. The fourth-order valence-corrected chi connectivity index (χ4v) is 2.19. The van der Waals surface area contributed by atoms with Crippen molar-refractivity contribution in [3.8, 4) is 0 Å². The summed E-state index contributed by atoms with van der Waals surface area (Å²) in [5.41, 5.74) is 4.80. The highest BCUT2D eigenvalue weighted by atomic mass is 79.9. The molecule has 0 aliphatic rings. The summed E-state index contributed by atoms with van der Waals surface area (Å²) in [6, 6.07) is 16.8. The van der Waals surface area contributed by atoms with Crippen LogP contribution < -0.4 is 10.7 Å². The van der Waals surface area contributed by atoms with Crippen LogP contribution in [0.5, 0.6) is 0 Å². The van der Waals surface area contributed by atoms with Crippen LogP contribution in [0.25, 0.3) is 0 Å². The maximum absolute atomic E-state index is 11.8. The number of benzene rings is 2. The van der Waals surface area contributed by atoms with Gasteiger partial charge in [0.15, 0.2) is 0 Å². The van der Waals surface area contributed by atoms with Crippen molar-refractivity contribution in [1.82, 2.24) is 5.43 Å². The molecule has 0 bridgehead atoms. The maximum Gasteiger partial charge on any atom is 0.240 e. The van der Waals surface area contributed by atoms with E-state index in [-0.39, 0.29) is 24.7 Å². The normalized spacial score (nSPS) is 11.0. The van der Waals surface area contributed by atoms with E-state index in [0.717, 1.165) is 10.0 Å². The zero-order valence-corrected chi connectivity index (χ0v) is 14.8. The molecule has 2 aromatic carbocycles. The van der Waals surface area contributed by atoms with Gasteiger partial charge in [-0.25, -0.2) is 5.43 Å². The van der Waals surface area contributed by atoms with Crippen molar-refractivity contribution in [2.24, 2.45) is 5.10 Å². The Morgan fingerprint density at radius 1 is 0.958 bits per heavy atom. The highest BCUT2D eigenvalue weighted by Crippen LogP contribution is 2.11. The molecule has 0 aliphatic heterocycles. The van der Waals surface area contributed by atoms with Gasteiger partial charge >= 0.3 is 0 Å². The molecule has 0 spiro atoms. The molecule has 2 rings (SSSR count). The van der Waals surface area contributed by atoms with Crippen LogP contribution in [0.3, 0.4) is 0 Å². The Morgan fingerprint density at radius 3 is 2.25 bits per heavy atom. The van der Waals surface area contributed by atoms with Gasteiger partial charge in [-0.3, -0.25) is 9.59 Å². The molecule has 0 aromatic heterocycles. The lowest BCUT2D eigenvalue weighted by molar-refractivity contribution is -0.124. The van der Waals surface area contributed by atoms with Gasteiger partial charge in [-0.15, -0.1) is 0 Å². The number of hydrogen-bond donors (Lipinski definition) is 2. The number of halogens is 1. The Kier molecular flexibility index (Phi) is 6.69. The Bertz CT molecular complexity index is 728. The van der Waals surface area contributed by atoms with Crippen LogP contribution in [0.2, 0.25) is 0 Å². The van der Waals surface area contributed by atoms with E-state index >= 15 is 0 Å². The topological polar surface area (TPSA) is 70.6 Å². The number of carbonyl (C=O) groups is 2. The minimum atomic E-state index is -0.297. The molecule has 2 amide bonds. The summed E-state index contributed by atoms with van der Waals surface area (Å²) in [4.78, 5) is 23.6. The Morgan fingerprint density at radius 2 is 1.58 bits per heavy atom. The smallest absolute Gasteiger partial charge is 0.240 e. The minimum absolute atomic E-state index is 0.0792. The van der Waals surface area contributed by atoms with Crippen molar-refractivity contribution in [2.75, 3.05) is 5.32 Å². The van der Waals surface area contributed by atoms with Crippen LogP contribution in [-0.4, -0.2) is 17.5 Å². The van der Waals surface area contributed by atoms with E-state index in [1.165, 1.54) is 0 Å². The molecule has 0 radical (unpaired) electrons. The highest BCUT2D eigenvalue weighted by Gasteiger charge is 2.07. The van der Waals surface area contributed by atoms with Crippen LogP contribution in [0.4, 0.5) is 5.69 Å². The average molecular weight is 388 g/mol. The number of hydrazone groups is 1. The molecule has 0 saturated carbocycles. The van der Waals surface area contributed by atoms with Gasteiger partial charge in [0.2, 0.25) is 11.8 Å². The van der Waals surface area contributed by atoms with Gasteiger partial charge in [-0.05, 0) is 36.8 Å². The zero-order chi connectivity index (χ0) is 17.4. The summed E-state index contributed by atoms with van der Waals surface area (Å²) < 4.78 is 0.979. The first-order chi connectivity index (χ1) is 11.5. The van der Waals surface area contributed by atoms with E-state index in [2.05, 4.69) is 31.8 Å². The molecule has 2 aromatic rings. The predicted molar refractivity (Wildman–Crippen MR) is 98.8 cm³/mol. The monoisotopic (exact) mass is 387 g/mol. The first-order valence-corrected chi connectivity index (χ1v) is 8.28. The molecule has 124 valence electrons. The molecule has 24 heavy (non-hydrogen) atoms. The van der Waals surface area contributed by atoms with Gasteiger partial charge in [0, 0.05) is 23.0 Å². The molecule has 0 unspecified atom stereocenters.